The highest BCUT2D eigenvalue weighted by atomic mass is 32.2. The summed E-state index contributed by atoms with van der Waals surface area (Å²) >= 11 is 0. The third-order valence-electron chi connectivity index (χ3n) is 4.52. The molecular weight excluding hydrogens is 400 g/mol. The van der Waals surface area contributed by atoms with Crippen molar-refractivity contribution in [3.63, 3.8) is 0 Å². The molecule has 0 spiro atoms. The molecule has 0 saturated carbocycles. The molecule has 0 amide bonds. The Morgan fingerprint density at radius 1 is 0.833 bits per heavy atom. The first-order valence-electron chi connectivity index (χ1n) is 9.23. The molecule has 4 aromatic rings. The van der Waals surface area contributed by atoms with Gasteiger partial charge in [-0.2, -0.15) is 0 Å². The summed E-state index contributed by atoms with van der Waals surface area (Å²) in [6, 6.07) is 24.5. The van der Waals surface area contributed by atoms with E-state index in [0.717, 1.165) is 11.3 Å². The van der Waals surface area contributed by atoms with Crippen LogP contribution in [0, 0.1) is 6.92 Å². The molecule has 0 fully saturated rings. The van der Waals surface area contributed by atoms with Crippen molar-refractivity contribution in [1.82, 2.24) is 9.78 Å². The van der Waals surface area contributed by atoms with E-state index in [0.29, 0.717) is 5.69 Å². The molecule has 0 saturated heterocycles. The normalized spacial score (nSPS) is 11.2. The van der Waals surface area contributed by atoms with Gasteiger partial charge in [-0.3, -0.25) is 10.9 Å². The predicted octanol–water partition coefficient (Wildman–Crippen LogP) is 4.16. The topological polar surface area (TPSA) is 96.2 Å². The lowest BCUT2D eigenvalue weighted by molar-refractivity contribution is 0.460. The molecule has 7 nitrogen and oxygen atoms in total. The molecule has 0 atom stereocenters. The van der Waals surface area contributed by atoms with Crippen LogP contribution in [-0.4, -0.2) is 23.3 Å². The first-order chi connectivity index (χ1) is 14.5. The van der Waals surface area contributed by atoms with Crippen molar-refractivity contribution in [3.8, 4) is 11.4 Å². The predicted molar refractivity (Wildman–Crippen MR) is 116 cm³/mol. The Kier molecular flexibility index (Phi) is 5.16. The first kappa shape index (κ1) is 19.5. The van der Waals surface area contributed by atoms with E-state index in [9.17, 15) is 13.5 Å². The van der Waals surface area contributed by atoms with Crippen LogP contribution in [0.5, 0.6) is 5.75 Å². The van der Waals surface area contributed by atoms with Crippen LogP contribution >= 0.6 is 0 Å². The molecule has 4 rings (SSSR count). The fraction of sp³-hybridized carbons (Fsp3) is 0.0455. The summed E-state index contributed by atoms with van der Waals surface area (Å²) in [5, 5.41) is 14.7. The number of sulfone groups is 1. The van der Waals surface area contributed by atoms with Gasteiger partial charge in [0, 0.05) is 0 Å². The highest BCUT2D eigenvalue weighted by molar-refractivity contribution is 7.91. The highest BCUT2D eigenvalue weighted by Gasteiger charge is 2.30. The third-order valence-corrected chi connectivity index (χ3v) is 6.19. The summed E-state index contributed by atoms with van der Waals surface area (Å²) in [7, 11) is -4.02. The van der Waals surface area contributed by atoms with Gasteiger partial charge in [-0.05, 0) is 43.3 Å². The van der Waals surface area contributed by atoms with Gasteiger partial charge in [0.25, 0.3) is 0 Å². The molecule has 3 aromatic carbocycles. The summed E-state index contributed by atoms with van der Waals surface area (Å²) in [4.78, 5) is 0.0522. The van der Waals surface area contributed by atoms with Gasteiger partial charge in [-0.15, -0.1) is 5.10 Å². The maximum absolute atomic E-state index is 13.1. The second kappa shape index (κ2) is 7.92. The Labute approximate surface area is 174 Å². The lowest BCUT2D eigenvalue weighted by Gasteiger charge is -2.12. The maximum Gasteiger partial charge on any atom is 0.229 e. The van der Waals surface area contributed by atoms with Crippen LogP contribution in [0.4, 0.5) is 11.5 Å². The van der Waals surface area contributed by atoms with Crippen LogP contribution in [0.1, 0.15) is 5.56 Å². The monoisotopic (exact) mass is 420 g/mol. The van der Waals surface area contributed by atoms with Crippen LogP contribution in [0.15, 0.2) is 94.9 Å². The maximum atomic E-state index is 13.1. The Morgan fingerprint density at radius 3 is 2.07 bits per heavy atom. The van der Waals surface area contributed by atoms with E-state index in [2.05, 4.69) is 16.0 Å². The van der Waals surface area contributed by atoms with Gasteiger partial charge in [0.1, 0.15) is 0 Å². The molecule has 1 aromatic heterocycles. The molecule has 152 valence electrons. The number of hydrogen-bond donors (Lipinski definition) is 3. The Morgan fingerprint density at radius 2 is 1.43 bits per heavy atom. The van der Waals surface area contributed by atoms with E-state index in [1.165, 1.54) is 16.8 Å². The zero-order valence-corrected chi connectivity index (χ0v) is 17.0. The Hall–Kier alpha value is -3.78. The van der Waals surface area contributed by atoms with E-state index in [-0.39, 0.29) is 10.7 Å². The standard InChI is InChI=1S/C22H20N4O3S/c1-16-12-14-18(15-13-16)26-21(24-23-17-8-4-2-5-9-17)20(27)22(25-26)30(28,29)19-10-6-3-7-11-19/h2-15,23-24,27H,1H3. The summed E-state index contributed by atoms with van der Waals surface area (Å²) in [5.41, 5.74) is 8.24. The minimum absolute atomic E-state index is 0.0522. The minimum atomic E-state index is -4.02. The molecule has 0 aliphatic rings. The summed E-state index contributed by atoms with van der Waals surface area (Å²) in [5.74, 6) is -0.361. The number of nitrogens with one attached hydrogen (secondary N) is 2. The van der Waals surface area contributed by atoms with Crippen LogP contribution in [0.25, 0.3) is 5.69 Å². The van der Waals surface area contributed by atoms with Gasteiger partial charge in [0.15, 0.2) is 11.6 Å². The van der Waals surface area contributed by atoms with E-state index in [4.69, 9.17) is 0 Å². The van der Waals surface area contributed by atoms with E-state index in [1.807, 2.05) is 49.4 Å². The Bertz CT molecular complexity index is 1250. The van der Waals surface area contributed by atoms with Crippen molar-refractivity contribution in [3.05, 3.63) is 90.5 Å². The molecule has 0 unspecified atom stereocenters. The average Bonchev–Trinajstić information content (AvgIpc) is 3.11. The summed E-state index contributed by atoms with van der Waals surface area (Å²) in [6.45, 7) is 1.95. The second-order valence-corrected chi connectivity index (χ2v) is 8.55. The lowest BCUT2D eigenvalue weighted by Crippen LogP contribution is -2.13. The largest absolute Gasteiger partial charge is 0.502 e. The number of anilines is 2. The van der Waals surface area contributed by atoms with Gasteiger partial charge in [0.05, 0.1) is 16.3 Å². The number of hydrazine groups is 1. The van der Waals surface area contributed by atoms with E-state index in [1.54, 1.807) is 30.3 Å². The molecule has 8 heteroatoms. The van der Waals surface area contributed by atoms with E-state index < -0.39 is 20.6 Å². The molecule has 3 N–H and O–H groups in total. The molecular formula is C22H20N4O3S. The minimum Gasteiger partial charge on any atom is -0.502 e. The smallest absolute Gasteiger partial charge is 0.229 e. The number of benzene rings is 3. The van der Waals surface area contributed by atoms with Gasteiger partial charge < -0.3 is 5.11 Å². The van der Waals surface area contributed by atoms with Crippen molar-refractivity contribution in [2.75, 3.05) is 10.9 Å². The number of para-hydroxylation sites is 1. The number of nitrogens with zero attached hydrogens (tertiary/aromatic N) is 2. The van der Waals surface area contributed by atoms with Crippen LogP contribution in [-0.2, 0) is 9.84 Å². The molecule has 0 aliphatic heterocycles. The molecule has 1 heterocycles. The summed E-state index contributed by atoms with van der Waals surface area (Å²) in [6.07, 6.45) is 0. The van der Waals surface area contributed by atoms with Crippen molar-refractivity contribution in [2.45, 2.75) is 16.8 Å². The van der Waals surface area contributed by atoms with Gasteiger partial charge in [-0.1, -0.05) is 54.1 Å². The number of rotatable bonds is 6. The van der Waals surface area contributed by atoms with Crippen LogP contribution in [0.2, 0.25) is 0 Å². The summed E-state index contributed by atoms with van der Waals surface area (Å²) < 4.78 is 27.6. The van der Waals surface area contributed by atoms with Crippen LogP contribution < -0.4 is 10.9 Å². The number of hydrogen-bond acceptors (Lipinski definition) is 6. The van der Waals surface area contributed by atoms with Crippen molar-refractivity contribution in [1.29, 1.82) is 0 Å². The lowest BCUT2D eigenvalue weighted by atomic mass is 10.2. The van der Waals surface area contributed by atoms with Crippen LogP contribution in [0.3, 0.4) is 0 Å². The zero-order chi connectivity index (χ0) is 21.1. The van der Waals surface area contributed by atoms with Crippen molar-refractivity contribution >= 4 is 21.3 Å². The van der Waals surface area contributed by atoms with Gasteiger partial charge in [0.2, 0.25) is 14.9 Å². The number of aryl methyl sites for hydroxylation is 1. The zero-order valence-electron chi connectivity index (χ0n) is 16.1. The number of aromatic hydroxyl groups is 1. The van der Waals surface area contributed by atoms with E-state index >= 15 is 0 Å². The first-order valence-corrected chi connectivity index (χ1v) is 10.7. The van der Waals surface area contributed by atoms with Gasteiger partial charge >= 0.3 is 0 Å². The SMILES string of the molecule is Cc1ccc(-n2nc(S(=O)(=O)c3ccccc3)c(O)c2NNc2ccccc2)cc1. The fourth-order valence-electron chi connectivity index (χ4n) is 2.92. The molecule has 0 radical (unpaired) electrons. The van der Waals surface area contributed by atoms with Crippen molar-refractivity contribution < 1.29 is 13.5 Å². The second-order valence-electron chi connectivity index (χ2n) is 6.68. The fourth-order valence-corrected chi connectivity index (χ4v) is 4.20. The van der Waals surface area contributed by atoms with Crippen molar-refractivity contribution in [2.24, 2.45) is 0 Å². The average molecular weight is 420 g/mol. The molecule has 0 bridgehead atoms. The highest BCUT2D eigenvalue weighted by Crippen LogP contribution is 2.36. The third kappa shape index (κ3) is 3.72. The Balaban J connectivity index is 1.81. The quantitative estimate of drug-likeness (QED) is 0.406. The number of aromatic nitrogens is 2. The molecule has 30 heavy (non-hydrogen) atoms. The molecule has 0 aliphatic carbocycles. The van der Waals surface area contributed by atoms with Gasteiger partial charge in [-0.25, -0.2) is 13.1 Å².